The second-order valence-corrected chi connectivity index (χ2v) is 4.80. The van der Waals surface area contributed by atoms with E-state index in [1.807, 2.05) is 6.07 Å². The molecule has 1 heterocycles. The van der Waals surface area contributed by atoms with Crippen molar-refractivity contribution >= 4 is 5.82 Å². The van der Waals surface area contributed by atoms with Crippen molar-refractivity contribution in [3.8, 4) is 22.6 Å². The van der Waals surface area contributed by atoms with Gasteiger partial charge in [-0.05, 0) is 17.5 Å². The third-order valence-corrected chi connectivity index (χ3v) is 3.27. The summed E-state index contributed by atoms with van der Waals surface area (Å²) >= 11 is 0. The van der Waals surface area contributed by atoms with Crippen LogP contribution in [0.15, 0.2) is 18.3 Å². The molecule has 2 rings (SSSR count). The first kappa shape index (κ1) is 13.3. The van der Waals surface area contributed by atoms with E-state index in [-0.39, 0.29) is 11.7 Å². The van der Waals surface area contributed by atoms with Gasteiger partial charge < -0.3 is 15.6 Å². The molecule has 0 saturated carbocycles. The fraction of sp³-hybridized carbons (Fsp3) is 0.357. The largest absolute Gasteiger partial charge is 0.504 e. The van der Waals surface area contributed by atoms with E-state index in [9.17, 15) is 5.11 Å². The minimum Gasteiger partial charge on any atom is -0.504 e. The average Bonchev–Trinajstić information content (AvgIpc) is 2.69. The van der Waals surface area contributed by atoms with Crippen molar-refractivity contribution in [1.29, 1.82) is 0 Å². The van der Waals surface area contributed by atoms with E-state index in [0.29, 0.717) is 17.1 Å². The van der Waals surface area contributed by atoms with Crippen LogP contribution in [0.1, 0.15) is 25.3 Å². The zero-order chi connectivity index (χ0) is 14.2. The molecule has 0 fully saturated rings. The first-order valence-corrected chi connectivity index (χ1v) is 6.15. The Morgan fingerprint density at radius 1 is 1.37 bits per heavy atom. The number of phenols is 1. The molecule has 0 aliphatic rings. The van der Waals surface area contributed by atoms with Crippen molar-refractivity contribution in [2.24, 2.45) is 7.05 Å². The Labute approximate surface area is 112 Å². The van der Waals surface area contributed by atoms with Crippen LogP contribution in [-0.2, 0) is 7.05 Å². The van der Waals surface area contributed by atoms with Crippen molar-refractivity contribution < 1.29 is 9.84 Å². The van der Waals surface area contributed by atoms with Crippen LogP contribution < -0.4 is 10.5 Å². The lowest BCUT2D eigenvalue weighted by atomic mass is 9.92. The lowest BCUT2D eigenvalue weighted by molar-refractivity contribution is 0.374. The maximum atomic E-state index is 10.4. The molecular formula is C14H19N3O2. The number of ether oxygens (including phenoxy) is 1. The number of benzene rings is 1. The molecule has 0 spiro atoms. The van der Waals surface area contributed by atoms with Crippen LogP contribution in [0.2, 0.25) is 0 Å². The molecular weight excluding hydrogens is 242 g/mol. The van der Waals surface area contributed by atoms with Crippen LogP contribution in [0.3, 0.4) is 0 Å². The summed E-state index contributed by atoms with van der Waals surface area (Å²) in [5.74, 6) is 1.31. The van der Waals surface area contributed by atoms with Gasteiger partial charge in [-0.1, -0.05) is 19.9 Å². The van der Waals surface area contributed by atoms with Crippen molar-refractivity contribution in [1.82, 2.24) is 9.78 Å². The molecule has 0 aliphatic heterocycles. The quantitative estimate of drug-likeness (QED) is 0.890. The lowest BCUT2D eigenvalue weighted by Gasteiger charge is -2.16. The summed E-state index contributed by atoms with van der Waals surface area (Å²) in [4.78, 5) is 0. The highest BCUT2D eigenvalue weighted by Crippen LogP contribution is 2.43. The van der Waals surface area contributed by atoms with E-state index >= 15 is 0 Å². The number of rotatable bonds is 3. The van der Waals surface area contributed by atoms with E-state index in [1.165, 1.54) is 7.11 Å². The Hall–Kier alpha value is -2.17. The van der Waals surface area contributed by atoms with E-state index in [4.69, 9.17) is 10.5 Å². The molecule has 2 aromatic rings. The number of aromatic hydroxyl groups is 1. The van der Waals surface area contributed by atoms with Crippen molar-refractivity contribution in [2.75, 3.05) is 12.8 Å². The second kappa shape index (κ2) is 4.84. The maximum absolute atomic E-state index is 10.4. The zero-order valence-electron chi connectivity index (χ0n) is 11.6. The van der Waals surface area contributed by atoms with Crippen molar-refractivity contribution in [2.45, 2.75) is 19.8 Å². The van der Waals surface area contributed by atoms with Crippen LogP contribution in [0, 0.1) is 0 Å². The van der Waals surface area contributed by atoms with Gasteiger partial charge in [0.1, 0.15) is 5.82 Å². The number of hydrogen-bond donors (Lipinski definition) is 2. The Bertz CT molecular complexity index is 603. The highest BCUT2D eigenvalue weighted by atomic mass is 16.5. The molecule has 0 unspecified atom stereocenters. The van der Waals surface area contributed by atoms with Gasteiger partial charge in [0.2, 0.25) is 0 Å². The Kier molecular flexibility index (Phi) is 3.38. The van der Waals surface area contributed by atoms with Crippen molar-refractivity contribution in [3.63, 3.8) is 0 Å². The molecule has 0 saturated heterocycles. The van der Waals surface area contributed by atoms with Gasteiger partial charge in [0.25, 0.3) is 0 Å². The van der Waals surface area contributed by atoms with Gasteiger partial charge in [-0.2, -0.15) is 5.10 Å². The summed E-state index contributed by atoms with van der Waals surface area (Å²) in [6.45, 7) is 4.13. The number of aromatic nitrogens is 2. The van der Waals surface area contributed by atoms with Gasteiger partial charge in [0.05, 0.1) is 13.3 Å². The molecule has 19 heavy (non-hydrogen) atoms. The molecule has 3 N–H and O–H groups in total. The first-order chi connectivity index (χ1) is 8.97. The van der Waals surface area contributed by atoms with Gasteiger partial charge in [0.15, 0.2) is 11.5 Å². The number of aryl methyl sites for hydroxylation is 1. The number of methoxy groups -OCH3 is 1. The Balaban J connectivity index is 2.75. The van der Waals surface area contributed by atoms with Crippen LogP contribution in [0.4, 0.5) is 5.82 Å². The van der Waals surface area contributed by atoms with E-state index < -0.39 is 0 Å². The highest BCUT2D eigenvalue weighted by molar-refractivity contribution is 5.83. The van der Waals surface area contributed by atoms with Gasteiger partial charge >= 0.3 is 0 Å². The molecule has 0 atom stereocenters. The average molecular weight is 261 g/mol. The molecule has 5 heteroatoms. The monoisotopic (exact) mass is 261 g/mol. The van der Waals surface area contributed by atoms with E-state index in [2.05, 4.69) is 18.9 Å². The smallest absolute Gasteiger partial charge is 0.166 e. The summed E-state index contributed by atoms with van der Waals surface area (Å²) in [6.07, 6.45) is 1.66. The Morgan fingerprint density at radius 3 is 2.53 bits per heavy atom. The summed E-state index contributed by atoms with van der Waals surface area (Å²) in [5.41, 5.74) is 8.44. The number of nitrogens with zero attached hydrogens (tertiary/aromatic N) is 2. The van der Waals surface area contributed by atoms with E-state index in [0.717, 1.165) is 11.1 Å². The summed E-state index contributed by atoms with van der Waals surface area (Å²) in [5, 5.41) is 14.5. The van der Waals surface area contributed by atoms with Crippen molar-refractivity contribution in [3.05, 3.63) is 23.9 Å². The lowest BCUT2D eigenvalue weighted by Crippen LogP contribution is -2.00. The molecule has 0 bridgehead atoms. The van der Waals surface area contributed by atoms with Gasteiger partial charge in [0, 0.05) is 18.2 Å². The predicted octanol–water partition coefficient (Wildman–Crippen LogP) is 2.51. The summed E-state index contributed by atoms with van der Waals surface area (Å²) < 4.78 is 6.75. The zero-order valence-corrected chi connectivity index (χ0v) is 11.6. The fourth-order valence-electron chi connectivity index (χ4n) is 2.16. The number of anilines is 1. The van der Waals surface area contributed by atoms with Crippen LogP contribution in [0.25, 0.3) is 11.1 Å². The van der Waals surface area contributed by atoms with Crippen LogP contribution in [0.5, 0.6) is 11.5 Å². The molecule has 0 radical (unpaired) electrons. The summed E-state index contributed by atoms with van der Waals surface area (Å²) in [6, 6.07) is 3.71. The Morgan fingerprint density at radius 2 is 2.05 bits per heavy atom. The van der Waals surface area contributed by atoms with E-state index in [1.54, 1.807) is 24.0 Å². The minimum absolute atomic E-state index is 0.105. The number of phenolic OH excluding ortho intramolecular Hbond substituents is 1. The minimum atomic E-state index is 0.105. The standard InChI is InChI=1S/C14H19N3O2/c1-8(2)9-5-6-11(19-4)13(18)12(9)10-7-16-17(3)14(10)15/h5-8,18H,15H2,1-4H3. The van der Waals surface area contributed by atoms with Gasteiger partial charge in [-0.3, -0.25) is 4.68 Å². The van der Waals surface area contributed by atoms with Crippen LogP contribution >= 0.6 is 0 Å². The molecule has 5 nitrogen and oxygen atoms in total. The number of hydrogen-bond acceptors (Lipinski definition) is 4. The first-order valence-electron chi connectivity index (χ1n) is 6.15. The van der Waals surface area contributed by atoms with Gasteiger partial charge in [-0.15, -0.1) is 0 Å². The van der Waals surface area contributed by atoms with Crippen LogP contribution in [-0.4, -0.2) is 22.0 Å². The van der Waals surface area contributed by atoms with Gasteiger partial charge in [-0.25, -0.2) is 0 Å². The third kappa shape index (κ3) is 2.12. The molecule has 1 aromatic carbocycles. The second-order valence-electron chi connectivity index (χ2n) is 4.80. The summed E-state index contributed by atoms with van der Waals surface area (Å²) in [7, 11) is 3.30. The number of nitrogens with two attached hydrogens (primary N) is 1. The topological polar surface area (TPSA) is 73.3 Å². The fourth-order valence-corrected chi connectivity index (χ4v) is 2.16. The SMILES string of the molecule is COc1ccc(C(C)C)c(-c2cnn(C)c2N)c1O. The molecule has 0 amide bonds. The predicted molar refractivity (Wildman–Crippen MR) is 75.4 cm³/mol. The highest BCUT2D eigenvalue weighted by Gasteiger charge is 2.20. The third-order valence-electron chi connectivity index (χ3n) is 3.27. The molecule has 1 aromatic heterocycles. The normalized spacial score (nSPS) is 11.0. The molecule has 102 valence electrons. The number of nitrogen functional groups attached to an aromatic ring is 1. The molecule has 0 aliphatic carbocycles. The maximum Gasteiger partial charge on any atom is 0.166 e.